The van der Waals surface area contributed by atoms with Gasteiger partial charge >= 0.3 is 0 Å². The van der Waals surface area contributed by atoms with Crippen LogP contribution < -0.4 is 4.74 Å². The van der Waals surface area contributed by atoms with E-state index in [2.05, 4.69) is 0 Å². The molecule has 1 unspecified atom stereocenters. The molecule has 96 valence electrons. The van der Waals surface area contributed by atoms with Gasteiger partial charge in [-0.05, 0) is 17.7 Å². The van der Waals surface area contributed by atoms with Crippen molar-refractivity contribution in [2.45, 2.75) is 12.7 Å². The summed E-state index contributed by atoms with van der Waals surface area (Å²) in [6.45, 7) is 1.63. The maximum atomic E-state index is 5.55. The third-order valence-corrected chi connectivity index (χ3v) is 2.42. The molecule has 1 aromatic rings. The van der Waals surface area contributed by atoms with Gasteiger partial charge in [0.05, 0.1) is 26.9 Å². The monoisotopic (exact) mass is 240 g/mol. The molecule has 4 nitrogen and oxygen atoms in total. The lowest BCUT2D eigenvalue weighted by Gasteiger charge is -2.14. The number of hydrogen-bond donors (Lipinski definition) is 0. The van der Waals surface area contributed by atoms with Crippen LogP contribution >= 0.6 is 0 Å². The van der Waals surface area contributed by atoms with Crippen LogP contribution in [0.3, 0.4) is 0 Å². The molecule has 0 aromatic heterocycles. The number of benzene rings is 1. The predicted octanol–water partition coefficient (Wildman–Crippen LogP) is 1.87. The number of hydrogen-bond acceptors (Lipinski definition) is 4. The van der Waals surface area contributed by atoms with Crippen molar-refractivity contribution in [1.82, 2.24) is 0 Å². The summed E-state index contributed by atoms with van der Waals surface area (Å²) in [4.78, 5) is 0. The van der Waals surface area contributed by atoms with E-state index in [4.69, 9.17) is 18.9 Å². The Morgan fingerprint density at radius 3 is 2.24 bits per heavy atom. The average Bonchev–Trinajstić information content (AvgIpc) is 2.38. The molecule has 0 heterocycles. The molecule has 0 fully saturated rings. The summed E-state index contributed by atoms with van der Waals surface area (Å²) in [5, 5.41) is 0. The van der Waals surface area contributed by atoms with Gasteiger partial charge < -0.3 is 18.9 Å². The summed E-state index contributed by atoms with van der Waals surface area (Å²) in [6, 6.07) is 7.80. The zero-order chi connectivity index (χ0) is 12.5. The fraction of sp³-hybridized carbons (Fsp3) is 0.538. The van der Waals surface area contributed by atoms with Gasteiger partial charge in [-0.2, -0.15) is 0 Å². The highest BCUT2D eigenvalue weighted by molar-refractivity contribution is 5.26. The van der Waals surface area contributed by atoms with Gasteiger partial charge in [-0.3, -0.25) is 0 Å². The smallest absolute Gasteiger partial charge is 0.118 e. The van der Waals surface area contributed by atoms with E-state index in [0.29, 0.717) is 19.8 Å². The molecule has 0 saturated carbocycles. The minimum atomic E-state index is -0.0155. The molecule has 0 saturated heterocycles. The normalized spacial score (nSPS) is 12.4. The van der Waals surface area contributed by atoms with Crippen LogP contribution in [0, 0.1) is 0 Å². The zero-order valence-electron chi connectivity index (χ0n) is 10.6. The Balaban J connectivity index is 2.29. The molecular formula is C13H20O4. The van der Waals surface area contributed by atoms with Crippen molar-refractivity contribution in [2.24, 2.45) is 0 Å². The molecule has 0 radical (unpaired) electrons. The first kappa shape index (κ1) is 14.0. The third kappa shape index (κ3) is 5.17. The van der Waals surface area contributed by atoms with Gasteiger partial charge in [0, 0.05) is 14.2 Å². The van der Waals surface area contributed by atoms with Gasteiger partial charge in [0.1, 0.15) is 11.9 Å². The minimum Gasteiger partial charge on any atom is -0.497 e. The molecule has 0 N–H and O–H groups in total. The number of ether oxygens (including phenoxy) is 4. The lowest BCUT2D eigenvalue weighted by atomic mass is 10.2. The Kier molecular flexibility index (Phi) is 6.62. The molecule has 0 aliphatic carbocycles. The highest BCUT2D eigenvalue weighted by Gasteiger charge is 2.06. The Bertz CT molecular complexity index is 297. The summed E-state index contributed by atoms with van der Waals surface area (Å²) < 4.78 is 20.8. The first-order chi connectivity index (χ1) is 8.30. The molecule has 17 heavy (non-hydrogen) atoms. The molecule has 0 bridgehead atoms. The first-order valence-electron chi connectivity index (χ1n) is 5.52. The van der Waals surface area contributed by atoms with E-state index in [1.807, 2.05) is 24.3 Å². The van der Waals surface area contributed by atoms with Crippen LogP contribution in [-0.2, 0) is 20.8 Å². The summed E-state index contributed by atoms with van der Waals surface area (Å²) in [5.74, 6) is 0.850. The van der Waals surface area contributed by atoms with Crippen molar-refractivity contribution in [2.75, 3.05) is 34.5 Å². The predicted molar refractivity (Wildman–Crippen MR) is 65.3 cm³/mol. The van der Waals surface area contributed by atoms with Crippen molar-refractivity contribution in [3.8, 4) is 5.75 Å². The van der Waals surface area contributed by atoms with Gasteiger partial charge in [0.15, 0.2) is 0 Å². The van der Waals surface area contributed by atoms with Gasteiger partial charge in [-0.15, -0.1) is 0 Å². The molecule has 0 amide bonds. The van der Waals surface area contributed by atoms with Crippen LogP contribution in [0.2, 0.25) is 0 Å². The Hall–Kier alpha value is -1.10. The highest BCUT2D eigenvalue weighted by Crippen LogP contribution is 2.12. The van der Waals surface area contributed by atoms with E-state index in [1.165, 1.54) is 0 Å². The topological polar surface area (TPSA) is 36.9 Å². The van der Waals surface area contributed by atoms with Crippen molar-refractivity contribution in [3.63, 3.8) is 0 Å². The average molecular weight is 240 g/mol. The van der Waals surface area contributed by atoms with E-state index < -0.39 is 0 Å². The van der Waals surface area contributed by atoms with Gasteiger partial charge in [0.2, 0.25) is 0 Å². The van der Waals surface area contributed by atoms with Gasteiger partial charge in [0.25, 0.3) is 0 Å². The van der Waals surface area contributed by atoms with Crippen molar-refractivity contribution >= 4 is 0 Å². The Labute approximate surface area is 102 Å². The van der Waals surface area contributed by atoms with Crippen molar-refractivity contribution < 1.29 is 18.9 Å². The lowest BCUT2D eigenvalue weighted by molar-refractivity contribution is -0.0347. The third-order valence-electron chi connectivity index (χ3n) is 2.42. The second kappa shape index (κ2) is 8.06. The fourth-order valence-corrected chi connectivity index (χ4v) is 1.40. The number of methoxy groups -OCH3 is 3. The van der Waals surface area contributed by atoms with Crippen LogP contribution in [0.15, 0.2) is 24.3 Å². The van der Waals surface area contributed by atoms with E-state index in [-0.39, 0.29) is 6.10 Å². The van der Waals surface area contributed by atoms with E-state index in [1.54, 1.807) is 21.3 Å². The van der Waals surface area contributed by atoms with Crippen LogP contribution in [-0.4, -0.2) is 40.6 Å². The fourth-order valence-electron chi connectivity index (χ4n) is 1.40. The largest absolute Gasteiger partial charge is 0.497 e. The standard InChI is InChI=1S/C13H20O4/c1-14-9-13(16-3)10-17-8-11-4-6-12(15-2)7-5-11/h4-7,13H,8-10H2,1-3H3. The van der Waals surface area contributed by atoms with Crippen LogP contribution in [0.1, 0.15) is 5.56 Å². The minimum absolute atomic E-state index is 0.0155. The first-order valence-corrected chi connectivity index (χ1v) is 5.52. The maximum absolute atomic E-state index is 5.55. The maximum Gasteiger partial charge on any atom is 0.118 e. The molecule has 0 aliphatic heterocycles. The lowest BCUT2D eigenvalue weighted by Crippen LogP contribution is -2.23. The summed E-state index contributed by atoms with van der Waals surface area (Å²) in [7, 11) is 4.95. The molecule has 4 heteroatoms. The quantitative estimate of drug-likeness (QED) is 0.695. The van der Waals surface area contributed by atoms with Gasteiger partial charge in [-0.1, -0.05) is 12.1 Å². The molecular weight excluding hydrogens is 220 g/mol. The molecule has 0 spiro atoms. The Morgan fingerprint density at radius 2 is 1.71 bits per heavy atom. The molecule has 1 rings (SSSR count). The summed E-state index contributed by atoms with van der Waals surface area (Å²) in [5.41, 5.74) is 1.11. The summed E-state index contributed by atoms with van der Waals surface area (Å²) >= 11 is 0. The van der Waals surface area contributed by atoms with Crippen LogP contribution in [0.4, 0.5) is 0 Å². The van der Waals surface area contributed by atoms with Gasteiger partial charge in [-0.25, -0.2) is 0 Å². The molecule has 1 aromatic carbocycles. The van der Waals surface area contributed by atoms with E-state index in [0.717, 1.165) is 11.3 Å². The highest BCUT2D eigenvalue weighted by atomic mass is 16.5. The zero-order valence-corrected chi connectivity index (χ0v) is 10.6. The molecule has 1 atom stereocenters. The second-order valence-corrected chi connectivity index (χ2v) is 3.68. The number of rotatable bonds is 8. The van der Waals surface area contributed by atoms with Crippen LogP contribution in [0.5, 0.6) is 5.75 Å². The Morgan fingerprint density at radius 1 is 1.00 bits per heavy atom. The SMILES string of the molecule is COCC(COCc1ccc(OC)cc1)OC. The summed E-state index contributed by atoms with van der Waals surface area (Å²) in [6.07, 6.45) is -0.0155. The van der Waals surface area contributed by atoms with E-state index in [9.17, 15) is 0 Å². The second-order valence-electron chi connectivity index (χ2n) is 3.68. The molecule has 0 aliphatic rings. The van der Waals surface area contributed by atoms with Crippen LogP contribution in [0.25, 0.3) is 0 Å². The van der Waals surface area contributed by atoms with Crippen molar-refractivity contribution in [1.29, 1.82) is 0 Å². The van der Waals surface area contributed by atoms with E-state index >= 15 is 0 Å². The van der Waals surface area contributed by atoms with Crippen molar-refractivity contribution in [3.05, 3.63) is 29.8 Å².